The van der Waals surface area contributed by atoms with Crippen molar-refractivity contribution in [1.29, 1.82) is 0 Å². The van der Waals surface area contributed by atoms with Gasteiger partial charge in [-0.15, -0.1) is 0 Å². The highest BCUT2D eigenvalue weighted by Crippen LogP contribution is 2.41. The van der Waals surface area contributed by atoms with Crippen LogP contribution in [-0.4, -0.2) is 67.8 Å². The van der Waals surface area contributed by atoms with Crippen LogP contribution in [0.1, 0.15) is 29.8 Å². The number of aromatic nitrogens is 2. The molecule has 13 heteroatoms. The number of carbonyl (C=O) groups is 1. The zero-order valence-corrected chi connectivity index (χ0v) is 28.8. The molecule has 1 aromatic heterocycles. The molecule has 0 radical (unpaired) electrons. The Balaban J connectivity index is 0.000000771. The number of thioether (sulfide) groups is 1. The molecule has 47 heavy (non-hydrogen) atoms. The molecule has 3 N–H and O–H groups in total. The number of hydrogen-bond donors (Lipinski definition) is 2. The summed E-state index contributed by atoms with van der Waals surface area (Å²) in [7, 11) is 4.64. The van der Waals surface area contributed by atoms with Gasteiger partial charge in [0.1, 0.15) is 12.4 Å². The molecule has 0 saturated heterocycles. The fourth-order valence-electron chi connectivity index (χ4n) is 4.37. The summed E-state index contributed by atoms with van der Waals surface area (Å²) in [6, 6.07) is 23.1. The van der Waals surface area contributed by atoms with Crippen molar-refractivity contribution >= 4 is 40.6 Å². The number of rotatable bonds is 14. The van der Waals surface area contributed by atoms with Crippen molar-refractivity contribution in [3.8, 4) is 34.3 Å². The van der Waals surface area contributed by atoms with Gasteiger partial charge < -0.3 is 34.9 Å². The van der Waals surface area contributed by atoms with Gasteiger partial charge in [0, 0.05) is 36.6 Å². The molecule has 0 unspecified atom stereocenters. The molecule has 4 aromatic rings. The van der Waals surface area contributed by atoms with Gasteiger partial charge in [-0.2, -0.15) is 4.51 Å². The molecular formula is C34H41ClN6O5S. The molecule has 0 fully saturated rings. The average molecular weight is 681 g/mol. The van der Waals surface area contributed by atoms with E-state index < -0.39 is 0 Å². The first-order valence-corrected chi connectivity index (χ1v) is 16.2. The summed E-state index contributed by atoms with van der Waals surface area (Å²) in [6.07, 6.45) is 1.56. The molecular weight excluding hydrogens is 640 g/mol. The van der Waals surface area contributed by atoms with Crippen LogP contribution in [0.15, 0.2) is 83.5 Å². The lowest BCUT2D eigenvalue weighted by Gasteiger charge is -2.22. The Hall–Kier alpha value is -4.68. The summed E-state index contributed by atoms with van der Waals surface area (Å²) in [5.74, 6) is 3.19. The van der Waals surface area contributed by atoms with Crippen LogP contribution in [0.25, 0.3) is 11.3 Å². The molecule has 3 aromatic carbocycles. The van der Waals surface area contributed by atoms with Crippen LogP contribution in [0.5, 0.6) is 23.0 Å². The van der Waals surface area contributed by atoms with E-state index in [2.05, 4.69) is 26.9 Å². The third kappa shape index (κ3) is 11.0. The number of amidine groups is 1. The zero-order valence-electron chi connectivity index (χ0n) is 27.2. The fraction of sp³-hybridized carbons (Fsp3) is 0.294. The molecule has 0 aliphatic heterocycles. The van der Waals surface area contributed by atoms with Crippen molar-refractivity contribution in [2.45, 2.75) is 20.4 Å². The number of methoxy groups -OCH3 is 3. The standard InChI is InChI=1S/C31H34N4O5.C3H7ClN2S/c1-5-35(21-22-12-8-6-9-13-22)31-33-20-25(30(36)32-16-17-40-24-14-10-7-11-15-24)28(34-31)23-18-26(37-2)29(39-4)27(19-23)38-3;1-2-7-3(5)6-4/h6-15,18-20H,5,16-17,21H2,1-4H3,(H,32,36);2H2,1H3,(H2,5,6). The van der Waals surface area contributed by atoms with Gasteiger partial charge in [-0.1, -0.05) is 67.2 Å². The molecule has 0 aliphatic carbocycles. The first-order chi connectivity index (χ1) is 22.9. The predicted octanol–water partition coefficient (Wildman–Crippen LogP) is 6.21. The Morgan fingerprint density at radius 2 is 1.62 bits per heavy atom. The Bertz CT molecular complexity index is 1560. The first kappa shape index (κ1) is 36.8. The van der Waals surface area contributed by atoms with Gasteiger partial charge in [0.25, 0.3) is 5.91 Å². The Morgan fingerprint density at radius 1 is 0.979 bits per heavy atom. The molecule has 0 aliphatic rings. The lowest BCUT2D eigenvalue weighted by molar-refractivity contribution is 0.0947. The van der Waals surface area contributed by atoms with Crippen LogP contribution < -0.4 is 34.9 Å². The van der Waals surface area contributed by atoms with Crippen LogP contribution in [0, 0.1) is 0 Å². The van der Waals surface area contributed by atoms with Gasteiger partial charge in [-0.3, -0.25) is 4.79 Å². The number of nitrogens with two attached hydrogens (primary N) is 1. The van der Waals surface area contributed by atoms with Crippen LogP contribution in [0.2, 0.25) is 0 Å². The fourth-order valence-corrected chi connectivity index (χ4v) is 4.87. The molecule has 0 saturated carbocycles. The van der Waals surface area contributed by atoms with Gasteiger partial charge in [-0.25, -0.2) is 9.97 Å². The molecule has 0 atom stereocenters. The minimum absolute atomic E-state index is 0.305. The minimum Gasteiger partial charge on any atom is -0.493 e. The van der Waals surface area contributed by atoms with Crippen molar-refractivity contribution in [2.24, 2.45) is 10.2 Å². The van der Waals surface area contributed by atoms with E-state index in [1.165, 1.54) is 11.8 Å². The van der Waals surface area contributed by atoms with Crippen molar-refractivity contribution < 1.29 is 23.7 Å². The Kier molecular flexibility index (Phi) is 15.5. The SMILES string of the molecule is CCN(Cc1ccccc1)c1ncc(C(=O)NCCOc2ccccc2)c(-c2cc(OC)c(OC)c(OC)c2)n1.CCSC(N)=NCl. The summed E-state index contributed by atoms with van der Waals surface area (Å²) in [4.78, 5) is 24.9. The molecule has 1 amide bonds. The van der Waals surface area contributed by atoms with Gasteiger partial charge >= 0.3 is 0 Å². The maximum Gasteiger partial charge on any atom is 0.255 e. The van der Waals surface area contributed by atoms with E-state index in [1.54, 1.807) is 39.7 Å². The highest BCUT2D eigenvalue weighted by atomic mass is 35.5. The lowest BCUT2D eigenvalue weighted by atomic mass is 10.0. The zero-order chi connectivity index (χ0) is 34.0. The van der Waals surface area contributed by atoms with Gasteiger partial charge in [-0.05, 0) is 42.5 Å². The third-order valence-corrected chi connectivity index (χ3v) is 7.57. The highest BCUT2D eigenvalue weighted by Gasteiger charge is 2.22. The second kappa shape index (κ2) is 19.7. The van der Waals surface area contributed by atoms with E-state index in [1.807, 2.05) is 67.3 Å². The normalized spacial score (nSPS) is 10.7. The van der Waals surface area contributed by atoms with Crippen LogP contribution in [0.3, 0.4) is 0 Å². The maximum atomic E-state index is 13.4. The van der Waals surface area contributed by atoms with Gasteiger partial charge in [0.15, 0.2) is 16.7 Å². The van der Waals surface area contributed by atoms with Crippen molar-refractivity contribution in [1.82, 2.24) is 15.3 Å². The van der Waals surface area contributed by atoms with E-state index in [0.717, 1.165) is 17.1 Å². The van der Waals surface area contributed by atoms with Crippen LogP contribution in [-0.2, 0) is 6.54 Å². The first-order valence-electron chi connectivity index (χ1n) is 14.9. The molecule has 4 rings (SSSR count). The van der Waals surface area contributed by atoms with E-state index >= 15 is 0 Å². The molecule has 0 bridgehead atoms. The minimum atomic E-state index is -0.321. The largest absolute Gasteiger partial charge is 0.493 e. The average Bonchev–Trinajstić information content (AvgIpc) is 3.12. The summed E-state index contributed by atoms with van der Waals surface area (Å²) in [6.45, 7) is 5.94. The highest BCUT2D eigenvalue weighted by molar-refractivity contribution is 8.13. The van der Waals surface area contributed by atoms with E-state index in [-0.39, 0.29) is 5.91 Å². The topological polar surface area (TPSA) is 133 Å². The number of amides is 1. The van der Waals surface area contributed by atoms with E-state index in [0.29, 0.717) is 71.4 Å². The number of carbonyl (C=O) groups excluding carboxylic acids is 1. The third-order valence-electron chi connectivity index (χ3n) is 6.61. The number of halogens is 1. The monoisotopic (exact) mass is 680 g/mol. The predicted molar refractivity (Wildman–Crippen MR) is 190 cm³/mol. The van der Waals surface area contributed by atoms with Crippen LogP contribution in [0.4, 0.5) is 5.95 Å². The van der Waals surface area contributed by atoms with Gasteiger partial charge in [0.2, 0.25) is 11.7 Å². The Morgan fingerprint density at radius 3 is 2.15 bits per heavy atom. The molecule has 11 nitrogen and oxygen atoms in total. The number of anilines is 1. The number of para-hydroxylation sites is 1. The van der Waals surface area contributed by atoms with Gasteiger partial charge in [0.05, 0.1) is 39.1 Å². The Labute approximate surface area is 285 Å². The summed E-state index contributed by atoms with van der Waals surface area (Å²) >= 11 is 6.40. The molecule has 0 spiro atoms. The maximum absolute atomic E-state index is 13.4. The number of nitrogens with zero attached hydrogens (tertiary/aromatic N) is 4. The molecule has 250 valence electrons. The smallest absolute Gasteiger partial charge is 0.255 e. The second-order valence-corrected chi connectivity index (χ2v) is 11.1. The lowest BCUT2D eigenvalue weighted by Crippen LogP contribution is -2.30. The van der Waals surface area contributed by atoms with Crippen LogP contribution >= 0.6 is 23.5 Å². The number of benzene rings is 3. The number of ether oxygens (including phenoxy) is 4. The van der Waals surface area contributed by atoms with E-state index in [4.69, 9.17) is 41.4 Å². The summed E-state index contributed by atoms with van der Waals surface area (Å²) in [5, 5.41) is 3.35. The summed E-state index contributed by atoms with van der Waals surface area (Å²) in [5.41, 5.74) is 7.67. The number of nitrogens with one attached hydrogen (secondary N) is 1. The summed E-state index contributed by atoms with van der Waals surface area (Å²) < 4.78 is 25.5. The second-order valence-electron chi connectivity index (χ2n) is 9.62. The van der Waals surface area contributed by atoms with Crippen molar-refractivity contribution in [2.75, 3.05) is 51.7 Å². The van der Waals surface area contributed by atoms with E-state index in [9.17, 15) is 4.79 Å². The molecule has 1 heterocycles. The quantitative estimate of drug-likeness (QED) is 0.0899. The van der Waals surface area contributed by atoms with Crippen molar-refractivity contribution in [3.05, 3.63) is 90.1 Å². The van der Waals surface area contributed by atoms with Crippen molar-refractivity contribution in [3.63, 3.8) is 0 Å². The number of hydrogen-bond acceptors (Lipinski definition) is 10.